The Morgan fingerprint density at radius 2 is 1.62 bits per heavy atom. The van der Waals surface area contributed by atoms with E-state index in [1.807, 2.05) is 0 Å². The Hall–Kier alpha value is -0.980. The minimum absolute atomic E-state index is 0.0243. The molecule has 0 spiro atoms. The molecule has 0 radical (unpaired) electrons. The van der Waals surface area contributed by atoms with Crippen LogP contribution in [0.3, 0.4) is 0 Å². The zero-order valence-electron chi connectivity index (χ0n) is 8.08. The molecule has 1 rings (SSSR count). The quantitative estimate of drug-likeness (QED) is 0.651. The van der Waals surface area contributed by atoms with Crippen molar-refractivity contribution in [2.75, 3.05) is 0 Å². The molecule has 1 atom stereocenters. The first-order chi connectivity index (χ1) is 7.03. The highest BCUT2D eigenvalue weighted by atomic mass is 19.4. The third-order valence-electron chi connectivity index (χ3n) is 2.25. The van der Waals surface area contributed by atoms with E-state index in [9.17, 15) is 26.3 Å². The molecule has 0 saturated heterocycles. The molecule has 0 bridgehead atoms. The highest BCUT2D eigenvalue weighted by molar-refractivity contribution is 5.40. The highest BCUT2D eigenvalue weighted by Gasteiger charge is 2.44. The van der Waals surface area contributed by atoms with Gasteiger partial charge in [0, 0.05) is 0 Å². The van der Waals surface area contributed by atoms with Crippen molar-refractivity contribution in [3.8, 4) is 0 Å². The van der Waals surface area contributed by atoms with Crippen molar-refractivity contribution in [2.45, 2.75) is 31.8 Å². The number of alkyl halides is 6. The molecule has 0 fully saturated rings. The highest BCUT2D eigenvalue weighted by Crippen LogP contribution is 2.40. The Balaban J connectivity index is 3.22. The van der Waals surface area contributed by atoms with Crippen LogP contribution >= 0.6 is 0 Å². The number of allylic oxidation sites excluding steroid dienone is 2. The lowest BCUT2D eigenvalue weighted by Crippen LogP contribution is -2.29. The van der Waals surface area contributed by atoms with Crippen LogP contribution in [0.5, 0.6) is 0 Å². The Bertz CT molecular complexity index is 346. The molecule has 1 unspecified atom stereocenters. The van der Waals surface area contributed by atoms with Crippen LogP contribution in [0, 0.1) is 0 Å². The maximum absolute atomic E-state index is 12.3. The first-order valence-corrected chi connectivity index (χ1v) is 4.27. The van der Waals surface area contributed by atoms with Crippen LogP contribution in [0.2, 0.25) is 0 Å². The van der Waals surface area contributed by atoms with E-state index >= 15 is 0 Å². The molecule has 92 valence electrons. The zero-order chi connectivity index (χ0) is 12.7. The van der Waals surface area contributed by atoms with E-state index in [1.165, 1.54) is 0 Å². The van der Waals surface area contributed by atoms with Crippen molar-refractivity contribution in [1.29, 1.82) is 0 Å². The fourth-order valence-corrected chi connectivity index (χ4v) is 1.48. The van der Waals surface area contributed by atoms with Crippen molar-refractivity contribution in [3.05, 3.63) is 22.8 Å². The van der Waals surface area contributed by atoms with Crippen molar-refractivity contribution in [2.24, 2.45) is 0 Å². The van der Waals surface area contributed by atoms with Crippen molar-refractivity contribution in [1.82, 2.24) is 0 Å². The van der Waals surface area contributed by atoms with Crippen LogP contribution in [0.25, 0.3) is 0 Å². The van der Waals surface area contributed by atoms with Crippen molar-refractivity contribution >= 4 is 0 Å². The second kappa shape index (κ2) is 3.80. The van der Waals surface area contributed by atoms with E-state index < -0.39 is 36.0 Å². The molecule has 0 saturated carbocycles. The van der Waals surface area contributed by atoms with Crippen LogP contribution in [-0.2, 0) is 0 Å². The second-order valence-corrected chi connectivity index (χ2v) is 3.51. The van der Waals surface area contributed by atoms with Gasteiger partial charge < -0.3 is 5.11 Å². The smallest absolute Gasteiger partial charge is 0.388 e. The monoisotopic (exact) mass is 246 g/mol. The Kier molecular flexibility index (Phi) is 3.11. The summed E-state index contributed by atoms with van der Waals surface area (Å²) in [4.78, 5) is 0. The van der Waals surface area contributed by atoms with E-state index in [0.717, 1.165) is 6.92 Å². The fourth-order valence-electron chi connectivity index (χ4n) is 1.48. The SMILES string of the molecule is CC1=C(C(F)(F)F)C=C(C(F)(F)F)C(O)C1. The molecule has 1 N–H and O–H groups in total. The van der Waals surface area contributed by atoms with Crippen LogP contribution in [0.15, 0.2) is 22.8 Å². The summed E-state index contributed by atoms with van der Waals surface area (Å²) < 4.78 is 73.8. The van der Waals surface area contributed by atoms with Gasteiger partial charge in [-0.2, -0.15) is 26.3 Å². The molecule has 0 heterocycles. The lowest BCUT2D eigenvalue weighted by Gasteiger charge is -2.25. The number of aliphatic hydroxyl groups is 1. The molecule has 16 heavy (non-hydrogen) atoms. The number of hydrogen-bond donors (Lipinski definition) is 1. The molecule has 7 heteroatoms. The van der Waals surface area contributed by atoms with Gasteiger partial charge in [-0.25, -0.2) is 0 Å². The predicted molar refractivity (Wildman–Crippen MR) is 43.5 cm³/mol. The summed E-state index contributed by atoms with van der Waals surface area (Å²) >= 11 is 0. The first-order valence-electron chi connectivity index (χ1n) is 4.27. The summed E-state index contributed by atoms with van der Waals surface area (Å²) in [5.41, 5.74) is -3.18. The van der Waals surface area contributed by atoms with Crippen molar-refractivity contribution in [3.63, 3.8) is 0 Å². The van der Waals surface area contributed by atoms with Gasteiger partial charge in [-0.3, -0.25) is 0 Å². The zero-order valence-corrected chi connectivity index (χ0v) is 8.08. The number of rotatable bonds is 0. The molecule has 0 aromatic rings. The van der Waals surface area contributed by atoms with Gasteiger partial charge in [-0.1, -0.05) is 5.57 Å². The van der Waals surface area contributed by atoms with Gasteiger partial charge in [-0.05, 0) is 19.4 Å². The maximum atomic E-state index is 12.3. The van der Waals surface area contributed by atoms with Gasteiger partial charge in [0.05, 0.1) is 17.3 Å². The predicted octanol–water partition coefficient (Wildman–Crippen LogP) is 3.12. The van der Waals surface area contributed by atoms with E-state index in [2.05, 4.69) is 0 Å². The fraction of sp³-hybridized carbons (Fsp3) is 0.556. The van der Waals surface area contributed by atoms with Crippen LogP contribution in [0.4, 0.5) is 26.3 Å². The summed E-state index contributed by atoms with van der Waals surface area (Å²) in [6.07, 6.45) is -12.4. The lowest BCUT2D eigenvalue weighted by atomic mass is 9.90. The minimum Gasteiger partial charge on any atom is -0.388 e. The van der Waals surface area contributed by atoms with Gasteiger partial charge in [0.25, 0.3) is 0 Å². The Labute approximate surface area is 87.1 Å². The second-order valence-electron chi connectivity index (χ2n) is 3.51. The Morgan fingerprint density at radius 3 is 2.00 bits per heavy atom. The summed E-state index contributed by atoms with van der Waals surface area (Å²) in [6, 6.07) is 0. The molecule has 1 nitrogen and oxygen atoms in total. The molecule has 1 aliphatic rings. The normalized spacial score (nSPS) is 23.5. The molecule has 0 amide bonds. The van der Waals surface area contributed by atoms with Crippen LogP contribution < -0.4 is 0 Å². The molecular formula is C9H8F6O. The van der Waals surface area contributed by atoms with Gasteiger partial charge in [0.1, 0.15) is 0 Å². The number of hydrogen-bond acceptors (Lipinski definition) is 1. The largest absolute Gasteiger partial charge is 0.416 e. The summed E-state index contributed by atoms with van der Waals surface area (Å²) in [5, 5.41) is 9.07. The average Bonchev–Trinajstić information content (AvgIpc) is 1.97. The van der Waals surface area contributed by atoms with Gasteiger partial charge in [-0.15, -0.1) is 0 Å². The third-order valence-corrected chi connectivity index (χ3v) is 2.25. The lowest BCUT2D eigenvalue weighted by molar-refractivity contribution is -0.109. The Morgan fingerprint density at radius 1 is 1.12 bits per heavy atom. The van der Waals surface area contributed by atoms with E-state index in [0.29, 0.717) is 0 Å². The van der Waals surface area contributed by atoms with Gasteiger partial charge >= 0.3 is 12.4 Å². The number of aliphatic hydroxyl groups excluding tert-OH is 1. The van der Waals surface area contributed by atoms with Crippen molar-refractivity contribution < 1.29 is 31.4 Å². The molecule has 0 aliphatic heterocycles. The van der Waals surface area contributed by atoms with Crippen LogP contribution in [0.1, 0.15) is 13.3 Å². The van der Waals surface area contributed by atoms with Gasteiger partial charge in [0.15, 0.2) is 0 Å². The first kappa shape index (κ1) is 13.1. The minimum atomic E-state index is -4.95. The molecule has 0 aromatic carbocycles. The van der Waals surface area contributed by atoms with E-state index in [4.69, 9.17) is 5.11 Å². The molecule has 0 aromatic heterocycles. The third kappa shape index (κ3) is 2.58. The average molecular weight is 246 g/mol. The molecular weight excluding hydrogens is 238 g/mol. The van der Waals surface area contributed by atoms with E-state index in [1.54, 1.807) is 0 Å². The maximum Gasteiger partial charge on any atom is 0.416 e. The summed E-state index contributed by atoms with van der Waals surface area (Å²) in [7, 11) is 0. The molecule has 1 aliphatic carbocycles. The van der Waals surface area contributed by atoms with E-state index in [-0.39, 0.29) is 11.6 Å². The number of halogens is 6. The summed E-state index contributed by atoms with van der Waals surface area (Å²) in [5.74, 6) is 0. The topological polar surface area (TPSA) is 20.2 Å². The van der Waals surface area contributed by atoms with Crippen LogP contribution in [-0.4, -0.2) is 23.6 Å². The summed E-state index contributed by atoms with van der Waals surface area (Å²) in [6.45, 7) is 1.05. The van der Waals surface area contributed by atoms with Gasteiger partial charge in [0.2, 0.25) is 0 Å². The standard InChI is InChI=1S/C9H8F6O/c1-4-2-7(16)6(9(13,14)15)3-5(4)8(10,11)12/h3,7,16H,2H2,1H3.